The summed E-state index contributed by atoms with van der Waals surface area (Å²) < 4.78 is 94.5. The molecule has 128 valence electrons. The highest BCUT2D eigenvalue weighted by atomic mass is 32.3. The van der Waals surface area contributed by atoms with E-state index >= 15 is 0 Å². The Morgan fingerprint density at radius 1 is 0.864 bits per heavy atom. The highest BCUT2D eigenvalue weighted by Crippen LogP contribution is 2.48. The molecule has 1 aromatic carbocycles. The number of hydrogen-bond donors (Lipinski definition) is 0. The standard InChI is InChI=1S/C12H15F5O3S2/c1-4-5-22(18,19)20-21(2,3)6-7-8(13)10(15)12(17)11(16)9(7)14/h4-6H2,1-3H3. The average molecular weight is 366 g/mol. The minimum Gasteiger partial charge on any atom is -0.220 e. The minimum absolute atomic E-state index is 0.264. The van der Waals surface area contributed by atoms with Gasteiger partial charge in [-0.1, -0.05) is 6.92 Å². The molecule has 0 saturated heterocycles. The first-order valence-electron chi connectivity index (χ1n) is 6.07. The summed E-state index contributed by atoms with van der Waals surface area (Å²) in [5, 5.41) is 0. The molecule has 0 aliphatic carbocycles. The van der Waals surface area contributed by atoms with E-state index in [4.69, 9.17) is 3.63 Å². The van der Waals surface area contributed by atoms with Crippen LogP contribution in [0.15, 0.2) is 0 Å². The van der Waals surface area contributed by atoms with E-state index in [-0.39, 0.29) is 12.2 Å². The van der Waals surface area contributed by atoms with Gasteiger partial charge in [0.15, 0.2) is 23.3 Å². The molecular weight excluding hydrogens is 351 g/mol. The van der Waals surface area contributed by atoms with E-state index in [0.29, 0.717) is 0 Å². The summed E-state index contributed by atoms with van der Waals surface area (Å²) >= 11 is 0. The molecule has 1 aromatic rings. The molecule has 0 fully saturated rings. The van der Waals surface area contributed by atoms with E-state index < -0.39 is 60.8 Å². The summed E-state index contributed by atoms with van der Waals surface area (Å²) in [4.78, 5) is 0. The normalized spacial score (nSPS) is 13.5. The van der Waals surface area contributed by atoms with Crippen molar-refractivity contribution in [2.45, 2.75) is 19.1 Å². The molecule has 0 aliphatic rings. The van der Waals surface area contributed by atoms with Gasteiger partial charge in [0, 0.05) is 11.3 Å². The molecule has 0 N–H and O–H groups in total. The first-order chi connectivity index (χ1) is 9.92. The smallest absolute Gasteiger partial charge is 0.220 e. The Morgan fingerprint density at radius 3 is 1.68 bits per heavy atom. The van der Waals surface area contributed by atoms with Gasteiger partial charge in [0.2, 0.25) is 5.82 Å². The molecule has 0 heterocycles. The minimum atomic E-state index is -3.93. The van der Waals surface area contributed by atoms with Gasteiger partial charge in [-0.05, 0) is 18.9 Å². The molecule has 3 nitrogen and oxygen atoms in total. The molecule has 0 bridgehead atoms. The predicted molar refractivity (Wildman–Crippen MR) is 74.5 cm³/mol. The lowest BCUT2D eigenvalue weighted by atomic mass is 10.2. The van der Waals surface area contributed by atoms with Crippen LogP contribution in [0.4, 0.5) is 22.0 Å². The predicted octanol–water partition coefficient (Wildman–Crippen LogP) is 3.62. The number of rotatable bonds is 6. The zero-order valence-electron chi connectivity index (χ0n) is 12.1. The zero-order chi connectivity index (χ0) is 17.3. The summed E-state index contributed by atoms with van der Waals surface area (Å²) in [5.74, 6) is -11.4. The van der Waals surface area contributed by atoms with Crippen LogP contribution in [0.25, 0.3) is 0 Å². The molecular formula is C12H15F5O3S2. The largest absolute Gasteiger partial charge is 0.276 e. The Hall–Kier alpha value is -0.870. The lowest BCUT2D eigenvalue weighted by molar-refractivity contribution is 0.372. The average Bonchev–Trinajstić information content (AvgIpc) is 2.38. The highest BCUT2D eigenvalue weighted by molar-refractivity contribution is 8.31. The Morgan fingerprint density at radius 2 is 1.27 bits per heavy atom. The van der Waals surface area contributed by atoms with Gasteiger partial charge in [0.1, 0.15) is 0 Å². The van der Waals surface area contributed by atoms with Crippen molar-refractivity contribution < 1.29 is 34.0 Å². The van der Waals surface area contributed by atoms with Gasteiger partial charge in [-0.3, -0.25) is 0 Å². The van der Waals surface area contributed by atoms with Crippen LogP contribution in [-0.4, -0.2) is 26.7 Å². The third kappa shape index (κ3) is 4.32. The Balaban J connectivity index is 3.19. The first kappa shape index (κ1) is 19.2. The van der Waals surface area contributed by atoms with E-state index in [1.54, 1.807) is 6.92 Å². The lowest BCUT2D eigenvalue weighted by Crippen LogP contribution is -2.17. The third-order valence-corrected chi connectivity index (χ3v) is 6.73. The molecule has 0 amide bonds. The van der Waals surface area contributed by atoms with Gasteiger partial charge in [0.05, 0.1) is 5.75 Å². The lowest BCUT2D eigenvalue weighted by Gasteiger charge is -2.30. The molecule has 0 saturated carbocycles. The quantitative estimate of drug-likeness (QED) is 0.439. The second-order valence-corrected chi connectivity index (χ2v) is 10.2. The van der Waals surface area contributed by atoms with Crippen LogP contribution in [0.2, 0.25) is 0 Å². The van der Waals surface area contributed by atoms with Crippen molar-refractivity contribution in [3.8, 4) is 0 Å². The molecule has 1 rings (SSSR count). The molecule has 0 aromatic heterocycles. The summed E-state index contributed by atoms with van der Waals surface area (Å²) in [5.41, 5.74) is -1.08. The fraction of sp³-hybridized carbons (Fsp3) is 0.500. The third-order valence-electron chi connectivity index (χ3n) is 2.53. The van der Waals surface area contributed by atoms with Gasteiger partial charge in [-0.25, -0.2) is 25.6 Å². The van der Waals surface area contributed by atoms with E-state index in [1.165, 1.54) is 12.5 Å². The maximum absolute atomic E-state index is 13.6. The van der Waals surface area contributed by atoms with Crippen molar-refractivity contribution in [1.82, 2.24) is 0 Å². The van der Waals surface area contributed by atoms with Crippen molar-refractivity contribution in [3.63, 3.8) is 0 Å². The van der Waals surface area contributed by atoms with Crippen molar-refractivity contribution in [3.05, 3.63) is 34.6 Å². The van der Waals surface area contributed by atoms with Gasteiger partial charge in [-0.15, -0.1) is 10.3 Å². The summed E-state index contributed by atoms with van der Waals surface area (Å²) in [6.07, 6.45) is 2.79. The monoisotopic (exact) mass is 366 g/mol. The second kappa shape index (κ2) is 6.71. The summed E-state index contributed by atoms with van der Waals surface area (Å²) in [6.45, 7) is 1.59. The molecule has 0 radical (unpaired) electrons. The van der Waals surface area contributed by atoms with Crippen molar-refractivity contribution in [1.29, 1.82) is 0 Å². The van der Waals surface area contributed by atoms with Gasteiger partial charge >= 0.3 is 0 Å². The van der Waals surface area contributed by atoms with Gasteiger partial charge in [-0.2, -0.15) is 8.42 Å². The zero-order valence-corrected chi connectivity index (χ0v) is 13.7. The molecule has 0 unspecified atom stereocenters. The van der Waals surface area contributed by atoms with Gasteiger partial charge < -0.3 is 0 Å². The first-order valence-corrected chi connectivity index (χ1v) is 10.2. The van der Waals surface area contributed by atoms with Crippen LogP contribution in [0.1, 0.15) is 18.9 Å². The van der Waals surface area contributed by atoms with Crippen molar-refractivity contribution in [2.24, 2.45) is 0 Å². The highest BCUT2D eigenvalue weighted by Gasteiger charge is 2.30. The van der Waals surface area contributed by atoms with Crippen LogP contribution >= 0.6 is 10.3 Å². The molecule has 0 aliphatic heterocycles. The maximum atomic E-state index is 13.6. The summed E-state index contributed by atoms with van der Waals surface area (Å²) in [7, 11) is -6.56. The summed E-state index contributed by atoms with van der Waals surface area (Å²) in [6, 6.07) is 0. The Kier molecular flexibility index (Phi) is 5.85. The van der Waals surface area contributed by atoms with Crippen LogP contribution < -0.4 is 0 Å². The van der Waals surface area contributed by atoms with Crippen molar-refractivity contribution >= 4 is 20.4 Å². The fourth-order valence-corrected chi connectivity index (χ4v) is 5.87. The maximum Gasteiger partial charge on any atom is 0.276 e. The second-order valence-electron chi connectivity index (χ2n) is 4.96. The fourth-order valence-electron chi connectivity index (χ4n) is 1.71. The van der Waals surface area contributed by atoms with Crippen LogP contribution in [-0.2, 0) is 19.5 Å². The topological polar surface area (TPSA) is 43.4 Å². The Labute approximate surface area is 127 Å². The Bertz CT molecular complexity index is 645. The molecule has 0 spiro atoms. The SMILES string of the molecule is CCCS(=O)(=O)OS(C)(C)Cc1c(F)c(F)c(F)c(F)c1F. The van der Waals surface area contributed by atoms with Crippen LogP contribution in [0.3, 0.4) is 0 Å². The number of benzene rings is 1. The molecule has 10 heteroatoms. The van der Waals surface area contributed by atoms with Gasteiger partial charge in [0.25, 0.3) is 10.1 Å². The molecule has 0 atom stereocenters. The number of halogens is 5. The molecule has 22 heavy (non-hydrogen) atoms. The number of hydrogen-bond acceptors (Lipinski definition) is 3. The van der Waals surface area contributed by atoms with Crippen LogP contribution in [0, 0.1) is 29.1 Å². The van der Waals surface area contributed by atoms with Crippen molar-refractivity contribution in [2.75, 3.05) is 18.3 Å². The van der Waals surface area contributed by atoms with Crippen LogP contribution in [0.5, 0.6) is 0 Å². The van der Waals surface area contributed by atoms with E-state index in [1.807, 2.05) is 0 Å². The van der Waals surface area contributed by atoms with E-state index in [2.05, 4.69) is 0 Å². The van der Waals surface area contributed by atoms with E-state index in [9.17, 15) is 30.4 Å². The van der Waals surface area contributed by atoms with E-state index in [0.717, 1.165) is 0 Å².